The molecule has 9 nitrogen and oxygen atoms in total. The van der Waals surface area contributed by atoms with E-state index >= 15 is 0 Å². The van der Waals surface area contributed by atoms with Crippen LogP contribution in [0.25, 0.3) is 5.65 Å². The molecule has 0 atom stereocenters. The molecule has 2 heterocycles. The predicted octanol–water partition coefficient (Wildman–Crippen LogP) is 2.82. The van der Waals surface area contributed by atoms with E-state index in [9.17, 15) is 18.5 Å². The average molecular weight is 452 g/mol. The molecule has 0 aliphatic carbocycles. The third-order valence-electron chi connectivity index (χ3n) is 3.78. The number of rotatable bonds is 6. The second-order valence-corrected chi connectivity index (χ2v) is 8.19. The molecule has 140 valence electrons. The average Bonchev–Trinajstić information content (AvgIpc) is 3.01. The van der Waals surface area contributed by atoms with Gasteiger partial charge in [-0.2, -0.15) is 13.5 Å². The van der Waals surface area contributed by atoms with E-state index in [0.29, 0.717) is 12.0 Å². The number of nitro groups is 1. The highest BCUT2D eigenvalue weighted by Crippen LogP contribution is 2.21. The second-order valence-electron chi connectivity index (χ2n) is 5.64. The van der Waals surface area contributed by atoms with Crippen LogP contribution < -0.4 is 4.83 Å². The quantitative estimate of drug-likeness (QED) is 0.351. The monoisotopic (exact) mass is 451 g/mol. The minimum absolute atomic E-state index is 0.187. The van der Waals surface area contributed by atoms with Crippen LogP contribution in [0.1, 0.15) is 11.3 Å². The molecule has 0 radical (unpaired) electrons. The number of halogens is 1. The van der Waals surface area contributed by atoms with E-state index in [2.05, 4.69) is 30.8 Å². The van der Waals surface area contributed by atoms with E-state index in [0.717, 1.165) is 21.9 Å². The summed E-state index contributed by atoms with van der Waals surface area (Å²) in [7, 11) is -4.02. The van der Waals surface area contributed by atoms with E-state index in [1.165, 1.54) is 18.3 Å². The Morgan fingerprint density at radius 2 is 2.15 bits per heavy atom. The van der Waals surface area contributed by atoms with Crippen LogP contribution in [-0.4, -0.2) is 28.9 Å². The van der Waals surface area contributed by atoms with Crippen LogP contribution in [0.3, 0.4) is 0 Å². The Bertz CT molecular complexity index is 1160. The molecule has 3 aromatic rings. The van der Waals surface area contributed by atoms with Crippen molar-refractivity contribution in [1.29, 1.82) is 0 Å². The van der Waals surface area contributed by atoms with Gasteiger partial charge in [-0.3, -0.25) is 10.1 Å². The molecule has 1 N–H and O–H groups in total. The second kappa shape index (κ2) is 7.45. The Balaban J connectivity index is 1.76. The molecule has 0 bridgehead atoms. The van der Waals surface area contributed by atoms with Crippen molar-refractivity contribution in [3.05, 3.63) is 68.6 Å². The fourth-order valence-electron chi connectivity index (χ4n) is 2.44. The minimum Gasteiger partial charge on any atom is -0.303 e. The molecular weight excluding hydrogens is 438 g/mol. The zero-order valence-electron chi connectivity index (χ0n) is 14.0. The van der Waals surface area contributed by atoms with Gasteiger partial charge in [0.2, 0.25) is 0 Å². The Hall–Kier alpha value is -2.79. The number of aryl methyl sites for hydroxylation is 1. The summed E-state index contributed by atoms with van der Waals surface area (Å²) in [5.74, 6) is 0. The normalized spacial score (nSPS) is 11.9. The van der Waals surface area contributed by atoms with Crippen LogP contribution in [0.5, 0.6) is 0 Å². The van der Waals surface area contributed by atoms with Crippen molar-refractivity contribution >= 4 is 43.5 Å². The summed E-state index contributed by atoms with van der Waals surface area (Å²) >= 11 is 3.39. The Kier molecular flexibility index (Phi) is 5.24. The Morgan fingerprint density at radius 3 is 2.89 bits per heavy atom. The summed E-state index contributed by atoms with van der Waals surface area (Å²) in [6, 6.07) is 7.36. The lowest BCUT2D eigenvalue weighted by atomic mass is 10.2. The van der Waals surface area contributed by atoms with Gasteiger partial charge in [-0.15, -0.1) is 0 Å². The summed E-state index contributed by atoms with van der Waals surface area (Å²) in [5.41, 5.74) is 1.66. The summed E-state index contributed by atoms with van der Waals surface area (Å²) < 4.78 is 27.5. The standard InChI is InChI=1S/C16H14BrN5O4S/c1-11-2-4-13(22(23)24)8-15(11)27(25,26)20-19-7-6-14-9-18-16-5-3-12(17)10-21(14)16/h2-5,7-10,20H,6H2,1H3. The molecule has 11 heteroatoms. The van der Waals surface area contributed by atoms with Crippen LogP contribution in [0.2, 0.25) is 0 Å². The van der Waals surface area contributed by atoms with Crippen molar-refractivity contribution in [2.45, 2.75) is 18.2 Å². The first kappa shape index (κ1) is 19.0. The molecule has 3 rings (SSSR count). The highest BCUT2D eigenvalue weighted by atomic mass is 79.9. The van der Waals surface area contributed by atoms with Crippen molar-refractivity contribution in [3.8, 4) is 0 Å². The highest BCUT2D eigenvalue weighted by Gasteiger charge is 2.19. The van der Waals surface area contributed by atoms with Crippen molar-refractivity contribution in [3.63, 3.8) is 0 Å². The van der Waals surface area contributed by atoms with Gasteiger partial charge >= 0.3 is 0 Å². The largest absolute Gasteiger partial charge is 0.303 e. The number of hydrogen-bond acceptors (Lipinski definition) is 6. The van der Waals surface area contributed by atoms with Crippen molar-refractivity contribution in [2.75, 3.05) is 0 Å². The third kappa shape index (κ3) is 4.14. The number of imidazole rings is 1. The zero-order valence-corrected chi connectivity index (χ0v) is 16.4. The molecule has 0 amide bonds. The number of non-ortho nitro benzene ring substituents is 1. The molecule has 1 aromatic carbocycles. The van der Waals surface area contributed by atoms with E-state index < -0.39 is 14.9 Å². The van der Waals surface area contributed by atoms with Gasteiger partial charge in [0.1, 0.15) is 5.65 Å². The molecule has 27 heavy (non-hydrogen) atoms. The van der Waals surface area contributed by atoms with Crippen LogP contribution in [0.15, 0.2) is 57.2 Å². The number of nitro benzene ring substituents is 1. The Labute approximate surface area is 163 Å². The summed E-state index contributed by atoms with van der Waals surface area (Å²) in [6.45, 7) is 1.55. The maximum absolute atomic E-state index is 12.4. The molecule has 0 aliphatic rings. The van der Waals surface area contributed by atoms with Gasteiger partial charge in [0.05, 0.1) is 9.82 Å². The zero-order chi connectivity index (χ0) is 19.6. The van der Waals surface area contributed by atoms with Gasteiger partial charge in [0.15, 0.2) is 0 Å². The lowest BCUT2D eigenvalue weighted by molar-refractivity contribution is -0.385. The molecule has 0 saturated carbocycles. The number of hydrazone groups is 1. The van der Waals surface area contributed by atoms with Gasteiger partial charge < -0.3 is 4.40 Å². The van der Waals surface area contributed by atoms with Gasteiger partial charge in [-0.05, 0) is 40.5 Å². The van der Waals surface area contributed by atoms with Gasteiger partial charge in [-0.1, -0.05) is 6.07 Å². The minimum atomic E-state index is -4.02. The van der Waals surface area contributed by atoms with Crippen molar-refractivity contribution in [2.24, 2.45) is 5.10 Å². The molecular formula is C16H14BrN5O4S. The van der Waals surface area contributed by atoms with Crippen molar-refractivity contribution in [1.82, 2.24) is 14.2 Å². The topological polar surface area (TPSA) is 119 Å². The number of pyridine rings is 1. The molecule has 0 unspecified atom stereocenters. The van der Waals surface area contributed by atoms with E-state index in [1.54, 1.807) is 13.1 Å². The van der Waals surface area contributed by atoms with Crippen LogP contribution in [0, 0.1) is 17.0 Å². The number of sulfonamides is 1. The first-order valence-electron chi connectivity index (χ1n) is 7.68. The van der Waals surface area contributed by atoms with Crippen LogP contribution >= 0.6 is 15.9 Å². The van der Waals surface area contributed by atoms with E-state index in [4.69, 9.17) is 0 Å². The predicted molar refractivity (Wildman–Crippen MR) is 103 cm³/mol. The lowest BCUT2D eigenvalue weighted by Crippen LogP contribution is -2.19. The van der Waals surface area contributed by atoms with Crippen LogP contribution in [-0.2, 0) is 16.4 Å². The number of hydrogen-bond donors (Lipinski definition) is 1. The lowest BCUT2D eigenvalue weighted by Gasteiger charge is -2.06. The smallest absolute Gasteiger partial charge is 0.277 e. The summed E-state index contributed by atoms with van der Waals surface area (Å²) in [6.07, 6.45) is 5.26. The first-order chi connectivity index (χ1) is 12.8. The molecule has 0 fully saturated rings. The first-order valence-corrected chi connectivity index (χ1v) is 9.95. The highest BCUT2D eigenvalue weighted by molar-refractivity contribution is 9.10. The Morgan fingerprint density at radius 1 is 1.37 bits per heavy atom. The molecule has 2 aromatic heterocycles. The fraction of sp³-hybridized carbons (Fsp3) is 0.125. The summed E-state index contributed by atoms with van der Waals surface area (Å²) in [4.78, 5) is 16.4. The van der Waals surface area contributed by atoms with Gasteiger partial charge in [-0.25, -0.2) is 9.82 Å². The third-order valence-corrected chi connectivity index (χ3v) is 5.62. The number of nitrogens with one attached hydrogen (secondary N) is 1. The number of benzene rings is 1. The van der Waals surface area contributed by atoms with E-state index in [-0.39, 0.29) is 10.6 Å². The van der Waals surface area contributed by atoms with Crippen molar-refractivity contribution < 1.29 is 13.3 Å². The maximum Gasteiger partial charge on any atom is 0.277 e. The summed E-state index contributed by atoms with van der Waals surface area (Å²) in [5, 5.41) is 14.6. The van der Waals surface area contributed by atoms with Gasteiger partial charge in [0, 0.05) is 47.3 Å². The van der Waals surface area contributed by atoms with Gasteiger partial charge in [0.25, 0.3) is 15.7 Å². The SMILES string of the molecule is Cc1ccc([N+](=O)[O-])cc1S(=O)(=O)NN=CCc1cnc2ccc(Br)cn12. The van der Waals surface area contributed by atoms with Crippen LogP contribution in [0.4, 0.5) is 5.69 Å². The fourth-order valence-corrected chi connectivity index (χ4v) is 3.86. The molecule has 0 spiro atoms. The number of nitrogens with zero attached hydrogens (tertiary/aromatic N) is 4. The number of fused-ring (bicyclic) bond motifs is 1. The van der Waals surface area contributed by atoms with E-state index in [1.807, 2.05) is 22.7 Å². The molecule has 0 saturated heterocycles. The number of aromatic nitrogens is 2. The maximum atomic E-state index is 12.4. The molecule has 0 aliphatic heterocycles.